The second kappa shape index (κ2) is 6.41. The van der Waals surface area contributed by atoms with E-state index in [1.165, 1.54) is 0 Å². The molecule has 0 heterocycles. The summed E-state index contributed by atoms with van der Waals surface area (Å²) in [5.74, 6) is 0.464. The first-order valence-corrected chi connectivity index (χ1v) is 6.84. The molecule has 0 N–H and O–H groups in total. The van der Waals surface area contributed by atoms with E-state index in [1.807, 2.05) is 19.2 Å². The van der Waals surface area contributed by atoms with E-state index in [0.29, 0.717) is 16.5 Å². The lowest BCUT2D eigenvalue weighted by molar-refractivity contribution is 0.0775. The van der Waals surface area contributed by atoms with E-state index >= 15 is 0 Å². The van der Waals surface area contributed by atoms with Gasteiger partial charge in [-0.1, -0.05) is 37.9 Å². The molecule has 17 heavy (non-hydrogen) atoms. The first-order valence-electron chi connectivity index (χ1n) is 5.66. The van der Waals surface area contributed by atoms with Crippen LogP contribution in [0.1, 0.15) is 30.6 Å². The molecule has 1 rings (SSSR count). The summed E-state index contributed by atoms with van der Waals surface area (Å²) in [5.41, 5.74) is 0.548. The Morgan fingerprint density at radius 1 is 1.53 bits per heavy atom. The summed E-state index contributed by atoms with van der Waals surface area (Å²) in [4.78, 5) is 13.9. The van der Waals surface area contributed by atoms with Gasteiger partial charge in [0.2, 0.25) is 0 Å². The second-order valence-corrected chi connectivity index (χ2v) is 5.53. The van der Waals surface area contributed by atoms with Gasteiger partial charge < -0.3 is 4.90 Å². The van der Waals surface area contributed by atoms with E-state index in [0.717, 1.165) is 17.4 Å². The maximum atomic E-state index is 12.2. The number of hydrogen-bond donors (Lipinski definition) is 0. The number of carbonyl (C=O) groups is 1. The van der Waals surface area contributed by atoms with Gasteiger partial charge in [-0.05, 0) is 34.0 Å². The standard InChI is InChI=1S/C13H17BrClNO/c1-4-9(2)8-16(3)13(17)10-6-5-7-11(14)12(10)15/h5-7,9H,4,8H2,1-3H3. The van der Waals surface area contributed by atoms with Crippen LogP contribution in [-0.4, -0.2) is 24.4 Å². The topological polar surface area (TPSA) is 20.3 Å². The summed E-state index contributed by atoms with van der Waals surface area (Å²) in [5, 5.41) is 0.480. The van der Waals surface area contributed by atoms with Gasteiger partial charge in [0, 0.05) is 18.1 Å². The highest BCUT2D eigenvalue weighted by Crippen LogP contribution is 2.26. The van der Waals surface area contributed by atoms with Crippen molar-refractivity contribution in [2.24, 2.45) is 5.92 Å². The van der Waals surface area contributed by atoms with Crippen molar-refractivity contribution in [1.29, 1.82) is 0 Å². The molecule has 0 fully saturated rings. The Morgan fingerprint density at radius 3 is 2.76 bits per heavy atom. The fourth-order valence-corrected chi connectivity index (χ4v) is 2.13. The Labute approximate surface area is 116 Å². The normalized spacial score (nSPS) is 12.3. The molecular weight excluding hydrogens is 302 g/mol. The Morgan fingerprint density at radius 2 is 2.18 bits per heavy atom. The number of nitrogens with zero attached hydrogens (tertiary/aromatic N) is 1. The third-order valence-corrected chi connectivity index (χ3v) is 4.11. The SMILES string of the molecule is CCC(C)CN(C)C(=O)c1cccc(Br)c1Cl. The Hall–Kier alpha value is -0.540. The van der Waals surface area contributed by atoms with Crippen molar-refractivity contribution in [3.8, 4) is 0 Å². The lowest BCUT2D eigenvalue weighted by Gasteiger charge is -2.21. The van der Waals surface area contributed by atoms with Crippen LogP contribution >= 0.6 is 27.5 Å². The molecular formula is C13H17BrClNO. The van der Waals surface area contributed by atoms with Gasteiger partial charge in [-0.15, -0.1) is 0 Å². The molecule has 0 aliphatic carbocycles. The van der Waals surface area contributed by atoms with E-state index in [1.54, 1.807) is 11.0 Å². The van der Waals surface area contributed by atoms with Crippen LogP contribution in [0.15, 0.2) is 22.7 Å². The minimum Gasteiger partial charge on any atom is -0.341 e. The number of benzene rings is 1. The zero-order chi connectivity index (χ0) is 13.0. The monoisotopic (exact) mass is 317 g/mol. The highest BCUT2D eigenvalue weighted by molar-refractivity contribution is 9.10. The summed E-state index contributed by atoms with van der Waals surface area (Å²) < 4.78 is 0.752. The highest BCUT2D eigenvalue weighted by atomic mass is 79.9. The Bertz CT molecular complexity index is 408. The molecule has 0 aliphatic heterocycles. The van der Waals surface area contributed by atoms with Crippen molar-refractivity contribution in [2.45, 2.75) is 20.3 Å². The largest absolute Gasteiger partial charge is 0.341 e. The predicted octanol–water partition coefficient (Wildman–Crippen LogP) is 4.22. The molecule has 0 radical (unpaired) electrons. The van der Waals surface area contributed by atoms with Gasteiger partial charge in [0.1, 0.15) is 0 Å². The molecule has 0 aliphatic rings. The molecule has 1 aromatic carbocycles. The molecule has 0 bridgehead atoms. The van der Waals surface area contributed by atoms with Gasteiger partial charge >= 0.3 is 0 Å². The predicted molar refractivity (Wildman–Crippen MR) is 75.6 cm³/mol. The molecule has 4 heteroatoms. The average molecular weight is 319 g/mol. The molecule has 0 saturated heterocycles. The average Bonchev–Trinajstić information content (AvgIpc) is 2.31. The van der Waals surface area contributed by atoms with Gasteiger partial charge in [-0.3, -0.25) is 4.79 Å². The van der Waals surface area contributed by atoms with Crippen LogP contribution < -0.4 is 0 Å². The fourth-order valence-electron chi connectivity index (χ4n) is 1.55. The first kappa shape index (κ1) is 14.5. The van der Waals surface area contributed by atoms with Gasteiger partial charge in [-0.25, -0.2) is 0 Å². The van der Waals surface area contributed by atoms with E-state index in [9.17, 15) is 4.79 Å². The summed E-state index contributed by atoms with van der Waals surface area (Å²) in [6.45, 7) is 5.00. The quantitative estimate of drug-likeness (QED) is 0.814. The smallest absolute Gasteiger partial charge is 0.255 e. The number of hydrogen-bond acceptors (Lipinski definition) is 1. The first-order chi connectivity index (χ1) is 7.97. The molecule has 94 valence electrons. The van der Waals surface area contributed by atoms with E-state index < -0.39 is 0 Å². The Balaban J connectivity index is 2.85. The van der Waals surface area contributed by atoms with Crippen LogP contribution in [0.25, 0.3) is 0 Å². The third-order valence-electron chi connectivity index (χ3n) is 2.81. The maximum absolute atomic E-state index is 12.2. The lowest BCUT2D eigenvalue weighted by atomic mass is 10.1. The lowest BCUT2D eigenvalue weighted by Crippen LogP contribution is -2.31. The second-order valence-electron chi connectivity index (χ2n) is 4.30. The molecule has 1 atom stereocenters. The number of amides is 1. The highest BCUT2D eigenvalue weighted by Gasteiger charge is 2.17. The van der Waals surface area contributed by atoms with Crippen LogP contribution in [0.3, 0.4) is 0 Å². The number of carbonyl (C=O) groups excluding carboxylic acids is 1. The minimum absolute atomic E-state index is 0.0309. The summed E-state index contributed by atoms with van der Waals surface area (Å²) in [6, 6.07) is 5.40. The van der Waals surface area contributed by atoms with E-state index in [-0.39, 0.29) is 5.91 Å². The number of rotatable bonds is 4. The van der Waals surface area contributed by atoms with Gasteiger partial charge in [0.05, 0.1) is 10.6 Å². The van der Waals surface area contributed by atoms with Gasteiger partial charge in [0.15, 0.2) is 0 Å². The van der Waals surface area contributed by atoms with Crippen molar-refractivity contribution in [1.82, 2.24) is 4.90 Å². The summed E-state index contributed by atoms with van der Waals surface area (Å²) >= 11 is 9.43. The molecule has 2 nitrogen and oxygen atoms in total. The van der Waals surface area contributed by atoms with Crippen LogP contribution in [0.5, 0.6) is 0 Å². The van der Waals surface area contributed by atoms with Crippen LogP contribution in [0.2, 0.25) is 5.02 Å². The van der Waals surface area contributed by atoms with Crippen molar-refractivity contribution >= 4 is 33.4 Å². The van der Waals surface area contributed by atoms with Crippen molar-refractivity contribution in [3.05, 3.63) is 33.3 Å². The van der Waals surface area contributed by atoms with Gasteiger partial charge in [-0.2, -0.15) is 0 Å². The fraction of sp³-hybridized carbons (Fsp3) is 0.462. The van der Waals surface area contributed by atoms with Crippen LogP contribution in [-0.2, 0) is 0 Å². The molecule has 1 amide bonds. The maximum Gasteiger partial charge on any atom is 0.255 e. The zero-order valence-electron chi connectivity index (χ0n) is 10.3. The Kier molecular flexibility index (Phi) is 5.47. The van der Waals surface area contributed by atoms with E-state index in [4.69, 9.17) is 11.6 Å². The summed E-state index contributed by atoms with van der Waals surface area (Å²) in [6.07, 6.45) is 1.06. The van der Waals surface area contributed by atoms with Crippen molar-refractivity contribution < 1.29 is 4.79 Å². The minimum atomic E-state index is -0.0309. The molecule has 0 saturated carbocycles. The molecule has 1 aromatic rings. The van der Waals surface area contributed by atoms with Gasteiger partial charge in [0.25, 0.3) is 5.91 Å². The van der Waals surface area contributed by atoms with Crippen molar-refractivity contribution in [3.63, 3.8) is 0 Å². The molecule has 0 aromatic heterocycles. The zero-order valence-corrected chi connectivity index (χ0v) is 12.7. The van der Waals surface area contributed by atoms with Crippen molar-refractivity contribution in [2.75, 3.05) is 13.6 Å². The molecule has 0 spiro atoms. The third kappa shape index (κ3) is 3.71. The number of halogens is 2. The van der Waals surface area contributed by atoms with Crippen LogP contribution in [0, 0.1) is 5.92 Å². The van der Waals surface area contributed by atoms with Crippen LogP contribution in [0.4, 0.5) is 0 Å². The summed E-state index contributed by atoms with van der Waals surface area (Å²) in [7, 11) is 1.81. The molecule has 1 unspecified atom stereocenters. The van der Waals surface area contributed by atoms with E-state index in [2.05, 4.69) is 29.8 Å².